The van der Waals surface area contributed by atoms with Gasteiger partial charge in [-0.05, 0) is 28.8 Å². The smallest absolute Gasteiger partial charge is 0.261 e. The summed E-state index contributed by atoms with van der Waals surface area (Å²) >= 11 is 1.31. The summed E-state index contributed by atoms with van der Waals surface area (Å²) in [5.74, 6) is 0.861. The number of nitrogens with one attached hydrogen (secondary N) is 1. The van der Waals surface area contributed by atoms with Gasteiger partial charge in [-0.2, -0.15) is 0 Å². The van der Waals surface area contributed by atoms with Gasteiger partial charge in [0.05, 0.1) is 25.5 Å². The zero-order chi connectivity index (χ0) is 24.1. The predicted octanol–water partition coefficient (Wildman–Crippen LogP) is 5.94. The lowest BCUT2D eigenvalue weighted by Crippen LogP contribution is -2.27. The van der Waals surface area contributed by atoms with Gasteiger partial charge in [0.2, 0.25) is 6.41 Å². The number of anilines is 2. The van der Waals surface area contributed by atoms with E-state index in [9.17, 15) is 9.59 Å². The summed E-state index contributed by atoms with van der Waals surface area (Å²) in [5, 5.41) is 5.05. The van der Waals surface area contributed by atoms with Crippen molar-refractivity contribution in [3.63, 3.8) is 0 Å². The van der Waals surface area contributed by atoms with Crippen LogP contribution in [0.5, 0.6) is 11.5 Å². The Kier molecular flexibility index (Phi) is 6.94. The van der Waals surface area contributed by atoms with Crippen LogP contribution in [-0.2, 0) is 4.79 Å². The molecule has 1 heterocycles. The minimum Gasteiger partial charge on any atom is -0.497 e. The molecule has 0 radical (unpaired) electrons. The second-order valence-corrected chi connectivity index (χ2v) is 8.34. The maximum absolute atomic E-state index is 13.7. The van der Waals surface area contributed by atoms with Crippen LogP contribution in [0.25, 0.3) is 22.3 Å². The molecule has 0 saturated heterocycles. The van der Waals surface area contributed by atoms with Crippen molar-refractivity contribution in [3.05, 3.63) is 83.7 Å². The molecule has 7 heteroatoms. The highest BCUT2D eigenvalue weighted by molar-refractivity contribution is 7.15. The second-order valence-electron chi connectivity index (χ2n) is 7.46. The van der Waals surface area contributed by atoms with Gasteiger partial charge in [-0.25, -0.2) is 0 Å². The monoisotopic (exact) mass is 472 g/mol. The Morgan fingerprint density at radius 2 is 1.59 bits per heavy atom. The highest BCUT2D eigenvalue weighted by Crippen LogP contribution is 2.39. The molecule has 4 aromatic rings. The number of amides is 2. The molecule has 0 aliphatic carbocycles. The minimum atomic E-state index is -0.267. The van der Waals surface area contributed by atoms with E-state index in [2.05, 4.69) is 17.4 Å². The van der Waals surface area contributed by atoms with Crippen LogP contribution in [-0.4, -0.2) is 33.6 Å². The number of ether oxygens (including phenoxy) is 2. The van der Waals surface area contributed by atoms with E-state index < -0.39 is 0 Å². The van der Waals surface area contributed by atoms with Crippen molar-refractivity contribution in [2.45, 2.75) is 0 Å². The fraction of sp³-hybridized carbons (Fsp3) is 0.111. The third-order valence-corrected chi connectivity index (χ3v) is 6.46. The highest BCUT2D eigenvalue weighted by Gasteiger charge is 2.25. The van der Waals surface area contributed by atoms with E-state index in [0.717, 1.165) is 22.3 Å². The molecule has 0 saturated carbocycles. The first-order valence-corrected chi connectivity index (χ1v) is 11.4. The molecule has 4 rings (SSSR count). The Labute approximate surface area is 202 Å². The molecule has 0 aliphatic rings. The van der Waals surface area contributed by atoms with E-state index in [0.29, 0.717) is 34.2 Å². The van der Waals surface area contributed by atoms with Gasteiger partial charge in [0.1, 0.15) is 16.5 Å². The van der Waals surface area contributed by atoms with Gasteiger partial charge in [0.25, 0.3) is 5.91 Å². The van der Waals surface area contributed by atoms with E-state index in [1.54, 1.807) is 39.5 Å². The number of rotatable bonds is 8. The van der Waals surface area contributed by atoms with E-state index in [1.165, 1.54) is 16.2 Å². The predicted molar refractivity (Wildman–Crippen MR) is 137 cm³/mol. The lowest BCUT2D eigenvalue weighted by Gasteiger charge is -2.21. The summed E-state index contributed by atoms with van der Waals surface area (Å²) < 4.78 is 10.7. The van der Waals surface area contributed by atoms with Crippen LogP contribution < -0.4 is 19.7 Å². The number of benzene rings is 3. The first-order valence-electron chi connectivity index (χ1n) is 10.5. The topological polar surface area (TPSA) is 67.9 Å². The number of hydrogen-bond acceptors (Lipinski definition) is 5. The Balaban J connectivity index is 1.73. The number of nitrogens with zero attached hydrogens (tertiary/aromatic N) is 1. The van der Waals surface area contributed by atoms with Crippen molar-refractivity contribution >= 4 is 34.3 Å². The average Bonchev–Trinajstić information content (AvgIpc) is 3.31. The zero-order valence-electron chi connectivity index (χ0n) is 19.1. The normalized spacial score (nSPS) is 10.4. The summed E-state index contributed by atoms with van der Waals surface area (Å²) in [7, 11) is 4.79. The molecule has 0 bridgehead atoms. The molecule has 1 aromatic heterocycles. The minimum absolute atomic E-state index is 0.267. The molecule has 172 valence electrons. The van der Waals surface area contributed by atoms with Crippen molar-refractivity contribution in [3.8, 4) is 33.8 Å². The highest BCUT2D eigenvalue weighted by atomic mass is 32.1. The Hall–Kier alpha value is -4.10. The molecule has 34 heavy (non-hydrogen) atoms. The fourth-order valence-corrected chi connectivity index (χ4v) is 4.68. The number of hydrogen-bond donors (Lipinski definition) is 1. The number of carbonyl (C=O) groups is 2. The molecule has 0 unspecified atom stereocenters. The molecule has 1 N–H and O–H groups in total. The number of thiophene rings is 1. The molecule has 0 aliphatic heterocycles. The third kappa shape index (κ3) is 4.51. The summed E-state index contributed by atoms with van der Waals surface area (Å²) in [6, 6.07) is 23.4. The largest absolute Gasteiger partial charge is 0.497 e. The Morgan fingerprint density at radius 3 is 2.24 bits per heavy atom. The van der Waals surface area contributed by atoms with Crippen LogP contribution in [0.1, 0.15) is 10.4 Å². The lowest BCUT2D eigenvalue weighted by molar-refractivity contribution is -0.105. The quantitative estimate of drug-likeness (QED) is 0.322. The second kappa shape index (κ2) is 10.2. The van der Waals surface area contributed by atoms with Gasteiger partial charge in [0, 0.05) is 24.1 Å². The first kappa shape index (κ1) is 23.1. The van der Waals surface area contributed by atoms with Crippen LogP contribution in [0, 0.1) is 0 Å². The number of methoxy groups -OCH3 is 2. The van der Waals surface area contributed by atoms with Gasteiger partial charge in [-0.15, -0.1) is 11.3 Å². The number of carbonyl (C=O) groups excluding carboxylic acids is 2. The molecule has 0 spiro atoms. The van der Waals surface area contributed by atoms with Crippen LogP contribution >= 0.6 is 11.3 Å². The fourth-order valence-electron chi connectivity index (χ4n) is 3.75. The molecule has 0 fully saturated rings. The van der Waals surface area contributed by atoms with Crippen molar-refractivity contribution in [2.75, 3.05) is 31.5 Å². The van der Waals surface area contributed by atoms with E-state index in [4.69, 9.17) is 9.47 Å². The lowest BCUT2D eigenvalue weighted by atomic mass is 9.99. The van der Waals surface area contributed by atoms with Crippen molar-refractivity contribution in [1.29, 1.82) is 0 Å². The van der Waals surface area contributed by atoms with Crippen molar-refractivity contribution in [2.24, 2.45) is 0 Å². The van der Waals surface area contributed by atoms with Gasteiger partial charge < -0.3 is 19.7 Å². The van der Waals surface area contributed by atoms with Crippen molar-refractivity contribution in [1.82, 2.24) is 0 Å². The summed E-state index contributed by atoms with van der Waals surface area (Å²) in [6.07, 6.45) is 0.582. The van der Waals surface area contributed by atoms with E-state index in [1.807, 2.05) is 47.8 Å². The standard InChI is InChI=1S/C27H24N2O4S/c1-29(23-14-13-21(32-2)15-24(23)33-3)27(31)25-22(16-34-26(25)28-17-30)20-11-9-19(10-12-20)18-7-5-4-6-8-18/h4-17H,1-3H3,(H,28,30). The Morgan fingerprint density at radius 1 is 0.912 bits per heavy atom. The van der Waals surface area contributed by atoms with Crippen LogP contribution in [0.3, 0.4) is 0 Å². The van der Waals surface area contributed by atoms with Gasteiger partial charge >= 0.3 is 0 Å². The molecule has 6 nitrogen and oxygen atoms in total. The van der Waals surface area contributed by atoms with E-state index >= 15 is 0 Å². The van der Waals surface area contributed by atoms with Gasteiger partial charge in [-0.3, -0.25) is 9.59 Å². The summed E-state index contributed by atoms with van der Waals surface area (Å²) in [6.45, 7) is 0. The molecule has 3 aromatic carbocycles. The summed E-state index contributed by atoms with van der Waals surface area (Å²) in [5.41, 5.74) is 4.84. The SMILES string of the molecule is COc1ccc(N(C)C(=O)c2c(-c3ccc(-c4ccccc4)cc3)csc2NC=O)c(OC)c1. The van der Waals surface area contributed by atoms with Crippen molar-refractivity contribution < 1.29 is 19.1 Å². The van der Waals surface area contributed by atoms with Crippen LogP contribution in [0.4, 0.5) is 10.7 Å². The molecule has 0 atom stereocenters. The third-order valence-electron chi connectivity index (χ3n) is 5.55. The maximum Gasteiger partial charge on any atom is 0.261 e. The molecule has 2 amide bonds. The van der Waals surface area contributed by atoms with Crippen LogP contribution in [0.2, 0.25) is 0 Å². The van der Waals surface area contributed by atoms with E-state index in [-0.39, 0.29) is 5.91 Å². The first-order chi connectivity index (χ1) is 16.6. The zero-order valence-corrected chi connectivity index (χ0v) is 19.9. The summed E-state index contributed by atoms with van der Waals surface area (Å²) in [4.78, 5) is 26.5. The Bertz CT molecular complexity index is 1300. The van der Waals surface area contributed by atoms with Crippen LogP contribution in [0.15, 0.2) is 78.2 Å². The average molecular weight is 473 g/mol. The van der Waals surface area contributed by atoms with Gasteiger partial charge in [0.15, 0.2) is 0 Å². The van der Waals surface area contributed by atoms with Gasteiger partial charge in [-0.1, -0.05) is 54.6 Å². The molecular formula is C27H24N2O4S. The molecular weight excluding hydrogens is 448 g/mol. The maximum atomic E-state index is 13.7.